The molecule has 110 valence electrons. The van der Waals surface area contributed by atoms with E-state index in [1.165, 1.54) is 0 Å². The average Bonchev–Trinajstić information content (AvgIpc) is 3.13. The van der Waals surface area contributed by atoms with Crippen LogP contribution in [0.3, 0.4) is 0 Å². The standard InChI is InChI=1S/C16H19N3O2/c1-12-15(16(21)18-9-5-8-14(18)11-20)10-19(17-12)13-6-3-2-4-7-13/h2-4,6-7,10,14,20H,5,8-9,11H2,1H3/t14-/m0/s1. The van der Waals surface area contributed by atoms with Crippen LogP contribution in [-0.4, -0.2) is 44.9 Å². The first-order valence-corrected chi connectivity index (χ1v) is 7.24. The maximum Gasteiger partial charge on any atom is 0.257 e. The molecule has 1 aliphatic rings. The molecule has 1 amide bonds. The number of para-hydroxylation sites is 1. The molecular formula is C16H19N3O2. The van der Waals surface area contributed by atoms with Gasteiger partial charge in [0.2, 0.25) is 0 Å². The highest BCUT2D eigenvalue weighted by Crippen LogP contribution is 2.21. The molecule has 1 saturated heterocycles. The summed E-state index contributed by atoms with van der Waals surface area (Å²) < 4.78 is 1.73. The van der Waals surface area contributed by atoms with Crippen molar-refractivity contribution in [1.82, 2.24) is 14.7 Å². The molecule has 5 nitrogen and oxygen atoms in total. The number of aryl methyl sites for hydroxylation is 1. The second-order valence-electron chi connectivity index (χ2n) is 5.39. The van der Waals surface area contributed by atoms with Crippen molar-refractivity contribution in [2.75, 3.05) is 13.2 Å². The molecule has 0 spiro atoms. The van der Waals surface area contributed by atoms with E-state index in [4.69, 9.17) is 0 Å². The van der Waals surface area contributed by atoms with Gasteiger partial charge in [0.15, 0.2) is 0 Å². The van der Waals surface area contributed by atoms with E-state index in [9.17, 15) is 9.90 Å². The van der Waals surface area contributed by atoms with Crippen LogP contribution in [0.2, 0.25) is 0 Å². The van der Waals surface area contributed by atoms with E-state index in [0.717, 1.165) is 18.5 Å². The number of amides is 1. The molecule has 2 heterocycles. The maximum atomic E-state index is 12.6. The predicted octanol–water partition coefficient (Wildman–Crippen LogP) is 1.78. The lowest BCUT2D eigenvalue weighted by Crippen LogP contribution is -2.37. The zero-order chi connectivity index (χ0) is 14.8. The summed E-state index contributed by atoms with van der Waals surface area (Å²) in [6, 6.07) is 9.67. The Labute approximate surface area is 123 Å². The lowest BCUT2D eigenvalue weighted by molar-refractivity contribution is 0.0677. The van der Waals surface area contributed by atoms with E-state index >= 15 is 0 Å². The molecule has 1 fully saturated rings. The number of aliphatic hydroxyl groups is 1. The summed E-state index contributed by atoms with van der Waals surface area (Å²) in [5, 5.41) is 13.8. The Morgan fingerprint density at radius 2 is 2.14 bits per heavy atom. The first kappa shape index (κ1) is 13.8. The first-order valence-electron chi connectivity index (χ1n) is 7.24. The van der Waals surface area contributed by atoms with Crippen LogP contribution >= 0.6 is 0 Å². The summed E-state index contributed by atoms with van der Waals surface area (Å²) in [5.41, 5.74) is 2.26. The van der Waals surface area contributed by atoms with Gasteiger partial charge in [-0.2, -0.15) is 5.10 Å². The molecule has 0 unspecified atom stereocenters. The first-order chi connectivity index (χ1) is 10.2. The molecular weight excluding hydrogens is 266 g/mol. The fourth-order valence-electron chi connectivity index (χ4n) is 2.83. The highest BCUT2D eigenvalue weighted by molar-refractivity contribution is 5.95. The minimum absolute atomic E-state index is 0.0254. The van der Waals surface area contributed by atoms with Gasteiger partial charge in [-0.3, -0.25) is 4.79 Å². The summed E-state index contributed by atoms with van der Waals surface area (Å²) in [5.74, 6) is -0.0359. The summed E-state index contributed by atoms with van der Waals surface area (Å²) in [7, 11) is 0. The number of aliphatic hydroxyl groups excluding tert-OH is 1. The smallest absolute Gasteiger partial charge is 0.257 e. The minimum atomic E-state index is -0.0584. The zero-order valence-electron chi connectivity index (χ0n) is 12.1. The van der Waals surface area contributed by atoms with Crippen LogP contribution < -0.4 is 0 Å². The molecule has 1 aromatic carbocycles. The van der Waals surface area contributed by atoms with Crippen molar-refractivity contribution >= 4 is 5.91 Å². The maximum absolute atomic E-state index is 12.6. The summed E-state index contributed by atoms with van der Waals surface area (Å²) >= 11 is 0. The number of hydrogen-bond acceptors (Lipinski definition) is 3. The number of aromatic nitrogens is 2. The fraction of sp³-hybridized carbons (Fsp3) is 0.375. The molecule has 1 aromatic heterocycles. The molecule has 0 aliphatic carbocycles. The number of hydrogen-bond donors (Lipinski definition) is 1. The molecule has 1 atom stereocenters. The van der Waals surface area contributed by atoms with Gasteiger partial charge < -0.3 is 10.0 Å². The van der Waals surface area contributed by atoms with E-state index in [1.54, 1.807) is 15.8 Å². The van der Waals surface area contributed by atoms with Gasteiger partial charge in [-0.25, -0.2) is 4.68 Å². The molecule has 1 N–H and O–H groups in total. The quantitative estimate of drug-likeness (QED) is 0.935. The molecule has 0 bridgehead atoms. The van der Waals surface area contributed by atoms with E-state index in [-0.39, 0.29) is 18.6 Å². The minimum Gasteiger partial charge on any atom is -0.394 e. The van der Waals surface area contributed by atoms with Gasteiger partial charge in [0.25, 0.3) is 5.91 Å². The van der Waals surface area contributed by atoms with Crippen LogP contribution in [0.1, 0.15) is 28.9 Å². The topological polar surface area (TPSA) is 58.4 Å². The number of carbonyl (C=O) groups is 1. The van der Waals surface area contributed by atoms with Crippen molar-refractivity contribution in [3.63, 3.8) is 0 Å². The van der Waals surface area contributed by atoms with Crippen molar-refractivity contribution in [2.45, 2.75) is 25.8 Å². The van der Waals surface area contributed by atoms with E-state index in [1.807, 2.05) is 37.3 Å². The van der Waals surface area contributed by atoms with Crippen LogP contribution in [0.4, 0.5) is 0 Å². The third-order valence-electron chi connectivity index (χ3n) is 4.00. The summed E-state index contributed by atoms with van der Waals surface area (Å²) in [6.07, 6.45) is 3.59. The zero-order valence-corrected chi connectivity index (χ0v) is 12.1. The van der Waals surface area contributed by atoms with Gasteiger partial charge in [0, 0.05) is 12.7 Å². The molecule has 2 aromatic rings. The molecule has 0 saturated carbocycles. The fourth-order valence-corrected chi connectivity index (χ4v) is 2.83. The van der Waals surface area contributed by atoms with Gasteiger partial charge in [-0.05, 0) is 31.9 Å². The summed E-state index contributed by atoms with van der Waals surface area (Å²) in [4.78, 5) is 14.4. The second-order valence-corrected chi connectivity index (χ2v) is 5.39. The van der Waals surface area contributed by atoms with Crippen LogP contribution in [0, 0.1) is 6.92 Å². The lowest BCUT2D eigenvalue weighted by atomic mass is 10.2. The number of nitrogens with zero attached hydrogens (tertiary/aromatic N) is 3. The van der Waals surface area contributed by atoms with Crippen LogP contribution in [0.25, 0.3) is 5.69 Å². The molecule has 0 radical (unpaired) electrons. The van der Waals surface area contributed by atoms with Crippen molar-refractivity contribution in [1.29, 1.82) is 0 Å². The third-order valence-corrected chi connectivity index (χ3v) is 4.00. The number of rotatable bonds is 3. The summed E-state index contributed by atoms with van der Waals surface area (Å²) in [6.45, 7) is 2.58. The molecule has 21 heavy (non-hydrogen) atoms. The van der Waals surface area contributed by atoms with E-state index < -0.39 is 0 Å². The van der Waals surface area contributed by atoms with Crippen molar-refractivity contribution in [3.05, 3.63) is 47.8 Å². The number of carbonyl (C=O) groups excluding carboxylic acids is 1. The molecule has 5 heteroatoms. The Balaban J connectivity index is 1.89. The lowest BCUT2D eigenvalue weighted by Gasteiger charge is -2.22. The Morgan fingerprint density at radius 1 is 1.38 bits per heavy atom. The average molecular weight is 285 g/mol. The Hall–Kier alpha value is -2.14. The van der Waals surface area contributed by atoms with Crippen LogP contribution in [0.5, 0.6) is 0 Å². The highest BCUT2D eigenvalue weighted by Gasteiger charge is 2.30. The second kappa shape index (κ2) is 5.69. The van der Waals surface area contributed by atoms with Crippen molar-refractivity contribution in [2.24, 2.45) is 0 Å². The van der Waals surface area contributed by atoms with Gasteiger partial charge in [-0.1, -0.05) is 18.2 Å². The van der Waals surface area contributed by atoms with Gasteiger partial charge in [-0.15, -0.1) is 0 Å². The monoisotopic (exact) mass is 285 g/mol. The van der Waals surface area contributed by atoms with E-state index in [0.29, 0.717) is 17.8 Å². The Morgan fingerprint density at radius 3 is 2.86 bits per heavy atom. The number of benzene rings is 1. The van der Waals surface area contributed by atoms with Gasteiger partial charge in [0.1, 0.15) is 0 Å². The van der Waals surface area contributed by atoms with Crippen LogP contribution in [0.15, 0.2) is 36.5 Å². The Kier molecular flexibility index (Phi) is 3.75. The number of likely N-dealkylation sites (tertiary alicyclic amines) is 1. The Bertz CT molecular complexity index is 636. The van der Waals surface area contributed by atoms with Crippen molar-refractivity contribution in [3.8, 4) is 5.69 Å². The van der Waals surface area contributed by atoms with E-state index in [2.05, 4.69) is 5.10 Å². The normalized spacial score (nSPS) is 18.2. The molecule has 3 rings (SSSR count). The predicted molar refractivity (Wildman–Crippen MR) is 79.4 cm³/mol. The molecule has 1 aliphatic heterocycles. The van der Waals surface area contributed by atoms with Gasteiger partial charge in [0.05, 0.1) is 29.6 Å². The SMILES string of the molecule is Cc1nn(-c2ccccc2)cc1C(=O)N1CCC[C@H]1CO. The van der Waals surface area contributed by atoms with Crippen LogP contribution in [-0.2, 0) is 0 Å². The van der Waals surface area contributed by atoms with Gasteiger partial charge >= 0.3 is 0 Å². The largest absolute Gasteiger partial charge is 0.394 e. The highest BCUT2D eigenvalue weighted by atomic mass is 16.3. The third kappa shape index (κ3) is 2.56. The van der Waals surface area contributed by atoms with Crippen molar-refractivity contribution < 1.29 is 9.90 Å².